The summed E-state index contributed by atoms with van der Waals surface area (Å²) >= 11 is 1.56. The maximum atomic E-state index is 12.6. The molecule has 1 aromatic carbocycles. The molecule has 1 N–H and O–H groups in total. The molecule has 0 spiro atoms. The molecule has 3 amide bonds. The molecule has 0 unspecified atom stereocenters. The predicted molar refractivity (Wildman–Crippen MR) is 97.4 cm³/mol. The zero-order valence-electron chi connectivity index (χ0n) is 14.1. The van der Waals surface area contributed by atoms with Crippen molar-refractivity contribution in [3.8, 4) is 0 Å². The van der Waals surface area contributed by atoms with Crippen molar-refractivity contribution in [3.05, 3.63) is 35.4 Å². The van der Waals surface area contributed by atoms with Gasteiger partial charge in [0.25, 0.3) is 0 Å². The highest BCUT2D eigenvalue weighted by atomic mass is 32.1. The van der Waals surface area contributed by atoms with Gasteiger partial charge in [-0.3, -0.25) is 19.3 Å². The van der Waals surface area contributed by atoms with E-state index in [1.54, 1.807) is 17.4 Å². The summed E-state index contributed by atoms with van der Waals surface area (Å²) in [7, 11) is 0. The molecule has 5 rings (SSSR count). The summed E-state index contributed by atoms with van der Waals surface area (Å²) in [6, 6.07) is 5.50. The van der Waals surface area contributed by atoms with Gasteiger partial charge in [0.2, 0.25) is 17.7 Å². The number of amides is 3. The van der Waals surface area contributed by atoms with Crippen LogP contribution in [0.2, 0.25) is 0 Å². The second-order valence-electron chi connectivity index (χ2n) is 7.23. The van der Waals surface area contributed by atoms with Gasteiger partial charge in [0.1, 0.15) is 6.54 Å². The van der Waals surface area contributed by atoms with Crippen LogP contribution in [-0.2, 0) is 14.4 Å². The Bertz CT molecular complexity index is 965. The molecule has 2 aromatic rings. The van der Waals surface area contributed by atoms with E-state index in [4.69, 9.17) is 0 Å². The molecular weight excluding hydrogens is 350 g/mol. The highest BCUT2D eigenvalue weighted by molar-refractivity contribution is 7.18. The fourth-order valence-corrected chi connectivity index (χ4v) is 5.45. The number of imide groups is 1. The van der Waals surface area contributed by atoms with Crippen LogP contribution >= 0.6 is 11.3 Å². The molecule has 4 atom stereocenters. The Kier molecular flexibility index (Phi) is 3.31. The highest BCUT2D eigenvalue weighted by Crippen LogP contribution is 2.52. The number of nitrogens with one attached hydrogen (secondary N) is 1. The molecule has 2 heterocycles. The Morgan fingerprint density at radius 2 is 1.92 bits per heavy atom. The van der Waals surface area contributed by atoms with Crippen molar-refractivity contribution < 1.29 is 14.4 Å². The minimum atomic E-state index is -0.354. The van der Waals surface area contributed by atoms with E-state index >= 15 is 0 Å². The molecule has 7 heteroatoms. The van der Waals surface area contributed by atoms with Crippen LogP contribution in [0, 0.1) is 30.6 Å². The summed E-state index contributed by atoms with van der Waals surface area (Å²) in [6.45, 7) is 1.72. The average molecular weight is 367 g/mol. The predicted octanol–water partition coefficient (Wildman–Crippen LogP) is 2.35. The first-order valence-corrected chi connectivity index (χ1v) is 9.53. The number of carbonyl (C=O) groups is 3. The normalized spacial score (nSPS) is 29.0. The molecule has 3 aliphatic rings. The monoisotopic (exact) mass is 367 g/mol. The Morgan fingerprint density at radius 1 is 1.23 bits per heavy atom. The van der Waals surface area contributed by atoms with E-state index in [9.17, 15) is 14.4 Å². The molecule has 1 saturated carbocycles. The lowest BCUT2D eigenvalue weighted by atomic mass is 9.85. The van der Waals surface area contributed by atoms with E-state index in [-0.39, 0.29) is 47.9 Å². The number of hydrogen-bond acceptors (Lipinski definition) is 5. The van der Waals surface area contributed by atoms with Crippen LogP contribution in [0.15, 0.2) is 30.4 Å². The van der Waals surface area contributed by atoms with Gasteiger partial charge in [0.15, 0.2) is 0 Å². The van der Waals surface area contributed by atoms with Crippen molar-refractivity contribution >= 4 is 45.0 Å². The van der Waals surface area contributed by atoms with Crippen LogP contribution in [0.3, 0.4) is 0 Å². The van der Waals surface area contributed by atoms with Crippen LogP contribution in [0.25, 0.3) is 10.2 Å². The second-order valence-corrected chi connectivity index (χ2v) is 8.46. The lowest BCUT2D eigenvalue weighted by Gasteiger charge is -2.16. The van der Waals surface area contributed by atoms with Gasteiger partial charge in [0, 0.05) is 5.69 Å². The first kappa shape index (κ1) is 15.7. The zero-order valence-corrected chi connectivity index (χ0v) is 15.0. The lowest BCUT2D eigenvalue weighted by Crippen LogP contribution is -2.39. The number of allylic oxidation sites excluding steroid dienone is 2. The summed E-state index contributed by atoms with van der Waals surface area (Å²) in [5, 5.41) is 3.76. The summed E-state index contributed by atoms with van der Waals surface area (Å²) in [4.78, 5) is 43.2. The van der Waals surface area contributed by atoms with Crippen LogP contribution in [0.1, 0.15) is 11.4 Å². The van der Waals surface area contributed by atoms with Crippen molar-refractivity contribution in [2.24, 2.45) is 23.7 Å². The van der Waals surface area contributed by atoms with Gasteiger partial charge in [-0.25, -0.2) is 4.98 Å². The number of aromatic nitrogens is 1. The van der Waals surface area contributed by atoms with Gasteiger partial charge < -0.3 is 5.32 Å². The SMILES string of the molecule is Cc1nc2ccc(NC(=O)CN3C(=O)[C@H]4[C@H](C3=O)[C@H]3C=C[C@H]4C3)cc2s1. The maximum absolute atomic E-state index is 12.6. The van der Waals surface area contributed by atoms with E-state index in [1.807, 2.05) is 31.2 Å². The third-order valence-electron chi connectivity index (χ3n) is 5.64. The third-order valence-corrected chi connectivity index (χ3v) is 6.58. The lowest BCUT2D eigenvalue weighted by molar-refractivity contribution is -0.143. The third kappa shape index (κ3) is 2.23. The summed E-state index contributed by atoms with van der Waals surface area (Å²) in [6.07, 6.45) is 4.99. The molecule has 1 aromatic heterocycles. The van der Waals surface area contributed by atoms with Crippen LogP contribution in [-0.4, -0.2) is 34.2 Å². The number of rotatable bonds is 3. The molecule has 1 aliphatic heterocycles. The van der Waals surface area contributed by atoms with Crippen molar-refractivity contribution in [1.29, 1.82) is 0 Å². The fraction of sp³-hybridized carbons (Fsp3) is 0.368. The summed E-state index contributed by atoms with van der Waals surface area (Å²) in [5.74, 6) is -0.949. The highest BCUT2D eigenvalue weighted by Gasteiger charge is 2.59. The number of benzene rings is 1. The molecule has 2 aliphatic carbocycles. The number of aryl methyl sites for hydroxylation is 1. The summed E-state index contributed by atoms with van der Waals surface area (Å²) < 4.78 is 0.991. The Hall–Kier alpha value is -2.54. The van der Waals surface area contributed by atoms with E-state index in [1.165, 1.54) is 0 Å². The smallest absolute Gasteiger partial charge is 0.244 e. The van der Waals surface area contributed by atoms with E-state index in [0.717, 1.165) is 26.5 Å². The van der Waals surface area contributed by atoms with Crippen LogP contribution < -0.4 is 5.32 Å². The van der Waals surface area contributed by atoms with Crippen molar-refractivity contribution in [2.45, 2.75) is 13.3 Å². The standard InChI is InChI=1S/C19H17N3O3S/c1-9-20-13-5-4-12(7-14(13)26-9)21-15(23)8-22-18(24)16-10-2-3-11(6-10)17(16)19(22)25/h2-5,7,10-11,16-17H,6,8H2,1H3,(H,21,23)/t10-,11-,16+,17+/m0/s1. The largest absolute Gasteiger partial charge is 0.324 e. The van der Waals surface area contributed by atoms with Crippen molar-refractivity contribution in [3.63, 3.8) is 0 Å². The number of anilines is 1. The molecule has 2 fully saturated rings. The minimum absolute atomic E-state index is 0.159. The van der Waals surface area contributed by atoms with Gasteiger partial charge in [-0.1, -0.05) is 12.2 Å². The van der Waals surface area contributed by atoms with E-state index in [0.29, 0.717) is 5.69 Å². The average Bonchev–Trinajstić information content (AvgIpc) is 3.34. The number of hydrogen-bond donors (Lipinski definition) is 1. The van der Waals surface area contributed by atoms with Crippen LogP contribution in [0.4, 0.5) is 5.69 Å². The molecule has 132 valence electrons. The summed E-state index contributed by atoms with van der Waals surface area (Å²) in [5.41, 5.74) is 1.54. The molecule has 1 saturated heterocycles. The zero-order chi connectivity index (χ0) is 18.0. The van der Waals surface area contributed by atoms with Gasteiger partial charge in [-0.15, -0.1) is 11.3 Å². The number of carbonyl (C=O) groups excluding carboxylic acids is 3. The van der Waals surface area contributed by atoms with Gasteiger partial charge in [-0.05, 0) is 43.4 Å². The van der Waals surface area contributed by atoms with E-state index < -0.39 is 0 Å². The quantitative estimate of drug-likeness (QED) is 0.667. The van der Waals surface area contributed by atoms with Gasteiger partial charge in [-0.2, -0.15) is 0 Å². The first-order valence-electron chi connectivity index (χ1n) is 8.72. The number of fused-ring (bicyclic) bond motifs is 6. The van der Waals surface area contributed by atoms with Gasteiger partial charge >= 0.3 is 0 Å². The Labute approximate surface area is 153 Å². The molecule has 26 heavy (non-hydrogen) atoms. The molecule has 6 nitrogen and oxygen atoms in total. The second kappa shape index (κ2) is 5.48. The van der Waals surface area contributed by atoms with Crippen molar-refractivity contribution in [2.75, 3.05) is 11.9 Å². The minimum Gasteiger partial charge on any atom is -0.324 e. The van der Waals surface area contributed by atoms with Crippen LogP contribution in [0.5, 0.6) is 0 Å². The number of likely N-dealkylation sites (tertiary alicyclic amines) is 1. The van der Waals surface area contributed by atoms with Crippen molar-refractivity contribution in [1.82, 2.24) is 9.88 Å². The number of nitrogens with zero attached hydrogens (tertiary/aromatic N) is 2. The topological polar surface area (TPSA) is 79.4 Å². The Balaban J connectivity index is 1.31. The molecule has 0 radical (unpaired) electrons. The van der Waals surface area contributed by atoms with E-state index in [2.05, 4.69) is 10.3 Å². The van der Waals surface area contributed by atoms with Gasteiger partial charge in [0.05, 0.1) is 27.1 Å². The number of thiazole rings is 1. The fourth-order valence-electron chi connectivity index (χ4n) is 4.58. The molecule has 2 bridgehead atoms. The first-order chi connectivity index (χ1) is 12.5. The maximum Gasteiger partial charge on any atom is 0.244 e. The molecular formula is C19H17N3O3S. The Morgan fingerprint density at radius 3 is 2.62 bits per heavy atom.